The van der Waals surface area contributed by atoms with E-state index in [0.29, 0.717) is 17.9 Å². The van der Waals surface area contributed by atoms with Crippen LogP contribution < -0.4 is 11.1 Å². The summed E-state index contributed by atoms with van der Waals surface area (Å²) in [5, 5.41) is 2.86. The first-order chi connectivity index (χ1) is 9.06. The van der Waals surface area contributed by atoms with E-state index in [4.69, 9.17) is 5.73 Å². The van der Waals surface area contributed by atoms with Crippen molar-refractivity contribution >= 4 is 11.7 Å². The smallest absolute Gasteiger partial charge is 0.251 e. The van der Waals surface area contributed by atoms with Crippen molar-refractivity contribution in [2.45, 2.75) is 20.4 Å². The first-order valence-corrected chi connectivity index (χ1v) is 5.98. The van der Waals surface area contributed by atoms with Gasteiger partial charge in [0.1, 0.15) is 5.82 Å². The number of nitrogens with zero attached hydrogens (tertiary/aromatic N) is 2. The average Bonchev–Trinajstić information content (AvgIpc) is 2.36. The average molecular weight is 256 g/mol. The van der Waals surface area contributed by atoms with Gasteiger partial charge in [0, 0.05) is 30.2 Å². The molecule has 0 unspecified atom stereocenters. The van der Waals surface area contributed by atoms with E-state index in [1.165, 1.54) is 0 Å². The van der Waals surface area contributed by atoms with Gasteiger partial charge < -0.3 is 11.1 Å². The molecule has 3 N–H and O–H groups in total. The maximum absolute atomic E-state index is 12.0. The van der Waals surface area contributed by atoms with Crippen LogP contribution in [0.1, 0.15) is 27.2 Å². The van der Waals surface area contributed by atoms with Gasteiger partial charge in [-0.1, -0.05) is 0 Å². The number of nitrogens with two attached hydrogens (primary N) is 1. The number of pyridine rings is 2. The molecule has 0 aliphatic heterocycles. The molecule has 0 saturated carbocycles. The minimum Gasteiger partial charge on any atom is -0.384 e. The van der Waals surface area contributed by atoms with Gasteiger partial charge in [-0.25, -0.2) is 4.98 Å². The van der Waals surface area contributed by atoms with Crippen LogP contribution >= 0.6 is 0 Å². The lowest BCUT2D eigenvalue weighted by Crippen LogP contribution is -2.23. The van der Waals surface area contributed by atoms with Crippen molar-refractivity contribution in [1.29, 1.82) is 0 Å². The number of aryl methyl sites for hydroxylation is 2. The Kier molecular flexibility index (Phi) is 3.75. The van der Waals surface area contributed by atoms with Gasteiger partial charge in [-0.3, -0.25) is 9.78 Å². The summed E-state index contributed by atoms with van der Waals surface area (Å²) in [7, 11) is 0. The van der Waals surface area contributed by atoms with Crippen LogP contribution in [-0.2, 0) is 6.54 Å². The molecule has 2 aromatic rings. The largest absolute Gasteiger partial charge is 0.384 e. The zero-order chi connectivity index (χ0) is 13.8. The number of carbonyl (C=O) groups excluding carboxylic acids is 1. The van der Waals surface area contributed by atoms with Gasteiger partial charge in [-0.05, 0) is 43.2 Å². The molecular weight excluding hydrogens is 240 g/mol. The van der Waals surface area contributed by atoms with Gasteiger partial charge in [0.05, 0.1) is 0 Å². The van der Waals surface area contributed by atoms with E-state index < -0.39 is 0 Å². The maximum atomic E-state index is 12.0. The van der Waals surface area contributed by atoms with Crippen molar-refractivity contribution < 1.29 is 4.79 Å². The zero-order valence-electron chi connectivity index (χ0n) is 11.0. The van der Waals surface area contributed by atoms with E-state index in [2.05, 4.69) is 15.3 Å². The molecule has 0 aliphatic carbocycles. The highest BCUT2D eigenvalue weighted by Gasteiger charge is 2.08. The highest BCUT2D eigenvalue weighted by Crippen LogP contribution is 2.08. The summed E-state index contributed by atoms with van der Waals surface area (Å²) in [6.07, 6.45) is 3.49. The fourth-order valence-electron chi connectivity index (χ4n) is 1.80. The monoisotopic (exact) mass is 256 g/mol. The normalized spacial score (nSPS) is 10.2. The molecule has 2 aromatic heterocycles. The van der Waals surface area contributed by atoms with Gasteiger partial charge >= 0.3 is 0 Å². The van der Waals surface area contributed by atoms with Crippen LogP contribution in [0.5, 0.6) is 0 Å². The van der Waals surface area contributed by atoms with Crippen LogP contribution in [0.4, 0.5) is 5.82 Å². The lowest BCUT2D eigenvalue weighted by molar-refractivity contribution is 0.0950. The maximum Gasteiger partial charge on any atom is 0.251 e. The second-order valence-corrected chi connectivity index (χ2v) is 4.41. The number of carbonyl (C=O) groups is 1. The van der Waals surface area contributed by atoms with Crippen LogP contribution in [0.2, 0.25) is 0 Å². The molecule has 19 heavy (non-hydrogen) atoms. The fraction of sp³-hybridized carbons (Fsp3) is 0.214. The van der Waals surface area contributed by atoms with Crippen LogP contribution in [0, 0.1) is 13.8 Å². The Morgan fingerprint density at radius 2 is 2.16 bits per heavy atom. The number of nitrogens with one attached hydrogen (secondary N) is 1. The Labute approximate surface area is 111 Å². The van der Waals surface area contributed by atoms with Crippen molar-refractivity contribution in [3.8, 4) is 0 Å². The Hall–Kier alpha value is -2.43. The van der Waals surface area contributed by atoms with Crippen LogP contribution in [0.15, 0.2) is 30.6 Å². The third kappa shape index (κ3) is 3.28. The summed E-state index contributed by atoms with van der Waals surface area (Å²) in [5.74, 6) is 0.193. The number of hydrogen-bond acceptors (Lipinski definition) is 4. The fourth-order valence-corrected chi connectivity index (χ4v) is 1.80. The van der Waals surface area contributed by atoms with E-state index >= 15 is 0 Å². The third-order valence-electron chi connectivity index (χ3n) is 2.81. The number of amides is 1. The van der Waals surface area contributed by atoms with Crippen LogP contribution in [0.25, 0.3) is 0 Å². The second-order valence-electron chi connectivity index (χ2n) is 4.41. The molecule has 5 heteroatoms. The molecule has 0 bridgehead atoms. The lowest BCUT2D eigenvalue weighted by atomic mass is 10.1. The van der Waals surface area contributed by atoms with Crippen molar-refractivity contribution in [1.82, 2.24) is 15.3 Å². The number of hydrogen-bond donors (Lipinski definition) is 2. The Morgan fingerprint density at radius 3 is 2.84 bits per heavy atom. The third-order valence-corrected chi connectivity index (χ3v) is 2.81. The quantitative estimate of drug-likeness (QED) is 0.874. The first kappa shape index (κ1) is 13.0. The van der Waals surface area contributed by atoms with E-state index in [9.17, 15) is 4.79 Å². The molecule has 2 heterocycles. The highest BCUT2D eigenvalue weighted by atomic mass is 16.1. The summed E-state index contributed by atoms with van der Waals surface area (Å²) in [6.45, 7) is 4.23. The minimum absolute atomic E-state index is 0.159. The van der Waals surface area contributed by atoms with E-state index in [1.807, 2.05) is 13.0 Å². The van der Waals surface area contributed by atoms with E-state index in [-0.39, 0.29) is 5.91 Å². The standard InChI is InChI=1S/C14H16N4O/c1-9-7-16-4-3-11(9)8-17-14(19)12-5-10(2)18-13(15)6-12/h3-7H,8H2,1-2H3,(H2,15,18)(H,17,19). The molecule has 0 spiro atoms. The predicted octanol–water partition coefficient (Wildman–Crippen LogP) is 1.61. The molecule has 0 atom stereocenters. The van der Waals surface area contributed by atoms with Gasteiger partial charge in [0.25, 0.3) is 5.91 Å². The number of rotatable bonds is 3. The zero-order valence-corrected chi connectivity index (χ0v) is 11.0. The molecule has 1 amide bonds. The van der Waals surface area contributed by atoms with E-state index in [0.717, 1.165) is 16.8 Å². The number of nitrogen functional groups attached to an aromatic ring is 1. The van der Waals surface area contributed by atoms with Crippen molar-refractivity contribution in [3.63, 3.8) is 0 Å². The number of aromatic nitrogens is 2. The summed E-state index contributed by atoms with van der Waals surface area (Å²) >= 11 is 0. The second kappa shape index (κ2) is 5.48. The van der Waals surface area contributed by atoms with Crippen molar-refractivity contribution in [2.75, 3.05) is 5.73 Å². The molecule has 0 aromatic carbocycles. The minimum atomic E-state index is -0.159. The summed E-state index contributed by atoms with van der Waals surface area (Å²) in [5.41, 5.74) is 8.97. The van der Waals surface area contributed by atoms with E-state index in [1.54, 1.807) is 31.5 Å². The molecule has 0 radical (unpaired) electrons. The summed E-state index contributed by atoms with van der Waals surface area (Å²) in [4.78, 5) is 20.1. The first-order valence-electron chi connectivity index (χ1n) is 5.98. The molecule has 0 saturated heterocycles. The Balaban J connectivity index is 2.08. The molecule has 98 valence electrons. The molecule has 5 nitrogen and oxygen atoms in total. The van der Waals surface area contributed by atoms with Crippen LogP contribution in [0.3, 0.4) is 0 Å². The Bertz CT molecular complexity index is 590. The number of anilines is 1. The molecular formula is C14H16N4O. The van der Waals surface area contributed by atoms with Crippen molar-refractivity contribution in [3.05, 3.63) is 53.0 Å². The van der Waals surface area contributed by atoms with Gasteiger partial charge in [0.2, 0.25) is 0 Å². The highest BCUT2D eigenvalue weighted by molar-refractivity contribution is 5.94. The van der Waals surface area contributed by atoms with Crippen molar-refractivity contribution in [2.24, 2.45) is 0 Å². The summed E-state index contributed by atoms with van der Waals surface area (Å²) < 4.78 is 0. The Morgan fingerprint density at radius 1 is 1.37 bits per heavy atom. The van der Waals surface area contributed by atoms with Gasteiger partial charge in [0.15, 0.2) is 0 Å². The van der Waals surface area contributed by atoms with Gasteiger partial charge in [-0.2, -0.15) is 0 Å². The molecule has 0 fully saturated rings. The lowest BCUT2D eigenvalue weighted by Gasteiger charge is -2.08. The topological polar surface area (TPSA) is 80.9 Å². The predicted molar refractivity (Wildman–Crippen MR) is 73.5 cm³/mol. The SMILES string of the molecule is Cc1cc(C(=O)NCc2ccncc2C)cc(N)n1. The molecule has 0 aliphatic rings. The van der Waals surface area contributed by atoms with Gasteiger partial charge in [-0.15, -0.1) is 0 Å². The summed E-state index contributed by atoms with van der Waals surface area (Å²) in [6, 6.07) is 5.18. The molecule has 2 rings (SSSR count). The van der Waals surface area contributed by atoms with Crippen LogP contribution in [-0.4, -0.2) is 15.9 Å².